The van der Waals surface area contributed by atoms with E-state index in [1.54, 1.807) is 0 Å². The van der Waals surface area contributed by atoms with Gasteiger partial charge < -0.3 is 14.8 Å². The number of halogens is 2. The molecule has 0 bridgehead atoms. The van der Waals surface area contributed by atoms with Gasteiger partial charge in [0, 0.05) is 18.6 Å². The van der Waals surface area contributed by atoms with Gasteiger partial charge in [0.15, 0.2) is 4.67 Å². The van der Waals surface area contributed by atoms with Gasteiger partial charge in [-0.05, 0) is 50.8 Å². The fourth-order valence-corrected chi connectivity index (χ4v) is 3.10. The normalized spacial score (nSPS) is 18.8. The number of furan rings is 1. The monoisotopic (exact) mass is 365 g/mol. The summed E-state index contributed by atoms with van der Waals surface area (Å²) >= 11 is 6.71. The van der Waals surface area contributed by atoms with E-state index in [0.717, 1.165) is 34.3 Å². The van der Waals surface area contributed by atoms with E-state index in [-0.39, 0.29) is 12.0 Å². The highest BCUT2D eigenvalue weighted by Crippen LogP contribution is 2.37. The highest BCUT2D eigenvalue weighted by atomic mass is 79.9. The van der Waals surface area contributed by atoms with Crippen LogP contribution in [0.3, 0.4) is 0 Å². The van der Waals surface area contributed by atoms with Gasteiger partial charge in [0.25, 0.3) is 0 Å². The van der Waals surface area contributed by atoms with E-state index in [2.05, 4.69) is 37.2 Å². The summed E-state index contributed by atoms with van der Waals surface area (Å²) in [5.41, 5.74) is 0.0983. The Kier molecular flexibility index (Phi) is 4.69. The average molecular weight is 367 g/mol. The van der Waals surface area contributed by atoms with Crippen molar-refractivity contribution in [3.63, 3.8) is 0 Å². The van der Waals surface area contributed by atoms with Crippen molar-refractivity contribution in [2.75, 3.05) is 13.2 Å². The van der Waals surface area contributed by atoms with Gasteiger partial charge in [-0.25, -0.2) is 0 Å². The van der Waals surface area contributed by atoms with Gasteiger partial charge in [-0.3, -0.25) is 0 Å². The van der Waals surface area contributed by atoms with Crippen molar-refractivity contribution in [1.82, 2.24) is 5.32 Å². The van der Waals surface area contributed by atoms with Crippen LogP contribution in [0.2, 0.25) is 0 Å². The first-order valence-electron chi connectivity index (χ1n) is 5.90. The summed E-state index contributed by atoms with van der Waals surface area (Å²) in [6, 6.07) is 1.96. The molecule has 2 rings (SSSR count). The molecule has 0 aromatic carbocycles. The van der Waals surface area contributed by atoms with E-state index in [1.165, 1.54) is 12.8 Å². The van der Waals surface area contributed by atoms with Crippen LogP contribution in [-0.2, 0) is 6.54 Å². The van der Waals surface area contributed by atoms with Crippen LogP contribution >= 0.6 is 31.9 Å². The SMILES string of the molecule is OCC1(CNCc2cc(Br)c(Br)o2)CCCC1. The molecule has 0 spiro atoms. The van der Waals surface area contributed by atoms with Crippen molar-refractivity contribution >= 4 is 31.9 Å². The lowest BCUT2D eigenvalue weighted by Gasteiger charge is -2.26. The van der Waals surface area contributed by atoms with Crippen LogP contribution in [-0.4, -0.2) is 18.3 Å². The molecule has 1 aromatic rings. The third-order valence-corrected chi connectivity index (χ3v) is 5.21. The Labute approximate surface area is 118 Å². The Bertz CT molecular complexity index is 353. The maximum atomic E-state index is 9.48. The second kappa shape index (κ2) is 5.87. The molecule has 5 heteroatoms. The van der Waals surface area contributed by atoms with Crippen LogP contribution < -0.4 is 5.32 Å². The van der Waals surface area contributed by atoms with Crippen LogP contribution in [0.1, 0.15) is 31.4 Å². The summed E-state index contributed by atoms with van der Waals surface area (Å²) in [4.78, 5) is 0. The molecule has 3 nitrogen and oxygen atoms in total. The summed E-state index contributed by atoms with van der Waals surface area (Å²) in [6.07, 6.45) is 4.73. The standard InChI is InChI=1S/C12H17Br2NO2/c13-10-5-9(17-11(10)14)6-15-7-12(8-16)3-1-2-4-12/h5,15-16H,1-4,6-8H2. The summed E-state index contributed by atoms with van der Waals surface area (Å²) in [5, 5.41) is 12.9. The predicted molar refractivity (Wildman–Crippen MR) is 73.8 cm³/mol. The summed E-state index contributed by atoms with van der Waals surface area (Å²) in [6.45, 7) is 1.84. The smallest absolute Gasteiger partial charge is 0.183 e. The van der Waals surface area contributed by atoms with Crippen LogP contribution in [0.5, 0.6) is 0 Å². The molecule has 17 heavy (non-hydrogen) atoms. The molecule has 1 fully saturated rings. The Hall–Kier alpha value is 0.160. The third kappa shape index (κ3) is 3.34. The van der Waals surface area contributed by atoms with Gasteiger partial charge in [0.1, 0.15) is 5.76 Å². The highest BCUT2D eigenvalue weighted by Gasteiger charge is 2.32. The lowest BCUT2D eigenvalue weighted by Crippen LogP contribution is -2.34. The molecular formula is C12H17Br2NO2. The molecule has 0 radical (unpaired) electrons. The second-order valence-corrected chi connectivity index (χ2v) is 6.38. The largest absolute Gasteiger partial charge is 0.452 e. The number of aliphatic hydroxyl groups excluding tert-OH is 1. The van der Waals surface area contributed by atoms with E-state index < -0.39 is 0 Å². The van der Waals surface area contributed by atoms with Gasteiger partial charge in [-0.15, -0.1) is 0 Å². The number of rotatable bonds is 5. The van der Waals surface area contributed by atoms with Crippen molar-refractivity contribution in [2.24, 2.45) is 5.41 Å². The molecule has 0 atom stereocenters. The zero-order valence-electron chi connectivity index (χ0n) is 9.64. The first-order valence-corrected chi connectivity index (χ1v) is 7.49. The van der Waals surface area contributed by atoms with Crippen LogP contribution in [0.25, 0.3) is 0 Å². The number of hydrogen-bond donors (Lipinski definition) is 2. The lowest BCUT2D eigenvalue weighted by molar-refractivity contribution is 0.127. The van der Waals surface area contributed by atoms with Crippen molar-refractivity contribution in [3.05, 3.63) is 21.0 Å². The Morgan fingerprint density at radius 1 is 1.35 bits per heavy atom. The van der Waals surface area contributed by atoms with E-state index >= 15 is 0 Å². The zero-order valence-corrected chi connectivity index (χ0v) is 12.8. The molecule has 0 unspecified atom stereocenters. The molecule has 0 aliphatic heterocycles. The Morgan fingerprint density at radius 3 is 2.59 bits per heavy atom. The van der Waals surface area contributed by atoms with E-state index in [0.29, 0.717) is 6.54 Å². The van der Waals surface area contributed by atoms with Crippen molar-refractivity contribution in [2.45, 2.75) is 32.2 Å². The van der Waals surface area contributed by atoms with Crippen molar-refractivity contribution < 1.29 is 9.52 Å². The molecule has 1 saturated carbocycles. The molecule has 0 saturated heterocycles. The number of nitrogens with one attached hydrogen (secondary N) is 1. The fraction of sp³-hybridized carbons (Fsp3) is 0.667. The first-order chi connectivity index (χ1) is 8.15. The number of aliphatic hydroxyl groups is 1. The third-order valence-electron chi connectivity index (χ3n) is 3.50. The number of hydrogen-bond acceptors (Lipinski definition) is 3. The summed E-state index contributed by atoms with van der Waals surface area (Å²) < 4.78 is 7.16. The van der Waals surface area contributed by atoms with Gasteiger partial charge in [-0.1, -0.05) is 12.8 Å². The minimum atomic E-state index is 0.0983. The molecule has 96 valence electrons. The van der Waals surface area contributed by atoms with E-state index in [9.17, 15) is 5.11 Å². The Balaban J connectivity index is 1.82. The average Bonchev–Trinajstić information content (AvgIpc) is 2.89. The molecule has 1 aliphatic carbocycles. The first kappa shape index (κ1) is 13.6. The molecule has 1 aromatic heterocycles. The van der Waals surface area contributed by atoms with Gasteiger partial charge in [-0.2, -0.15) is 0 Å². The van der Waals surface area contributed by atoms with Gasteiger partial charge >= 0.3 is 0 Å². The van der Waals surface area contributed by atoms with Crippen LogP contribution in [0, 0.1) is 5.41 Å². The minimum absolute atomic E-state index is 0.0983. The zero-order chi connectivity index (χ0) is 12.3. The molecule has 2 N–H and O–H groups in total. The maximum absolute atomic E-state index is 9.48. The molecule has 1 aliphatic rings. The molecule has 0 amide bonds. The van der Waals surface area contributed by atoms with Crippen LogP contribution in [0.4, 0.5) is 0 Å². The van der Waals surface area contributed by atoms with E-state index in [4.69, 9.17) is 4.42 Å². The van der Waals surface area contributed by atoms with E-state index in [1.807, 2.05) is 6.07 Å². The van der Waals surface area contributed by atoms with Crippen molar-refractivity contribution in [1.29, 1.82) is 0 Å². The highest BCUT2D eigenvalue weighted by molar-refractivity contribution is 9.13. The van der Waals surface area contributed by atoms with Crippen LogP contribution in [0.15, 0.2) is 19.6 Å². The van der Waals surface area contributed by atoms with Gasteiger partial charge in [0.05, 0.1) is 11.0 Å². The fourth-order valence-electron chi connectivity index (χ4n) is 2.45. The minimum Gasteiger partial charge on any atom is -0.452 e. The molecular weight excluding hydrogens is 350 g/mol. The lowest BCUT2D eigenvalue weighted by atomic mass is 9.87. The second-order valence-electron chi connectivity index (χ2n) is 4.80. The predicted octanol–water partition coefficient (Wildman–Crippen LogP) is 3.45. The summed E-state index contributed by atoms with van der Waals surface area (Å²) in [7, 11) is 0. The Morgan fingerprint density at radius 2 is 2.06 bits per heavy atom. The van der Waals surface area contributed by atoms with Gasteiger partial charge in [0.2, 0.25) is 0 Å². The quantitative estimate of drug-likeness (QED) is 0.838. The molecule has 1 heterocycles. The van der Waals surface area contributed by atoms with Crippen molar-refractivity contribution in [3.8, 4) is 0 Å². The topological polar surface area (TPSA) is 45.4 Å². The maximum Gasteiger partial charge on any atom is 0.183 e. The summed E-state index contributed by atoms with van der Waals surface area (Å²) in [5.74, 6) is 0.898.